The number of benzene rings is 3. The Morgan fingerprint density at radius 1 is 0.946 bits per heavy atom. The van der Waals surface area contributed by atoms with E-state index in [0.717, 1.165) is 29.7 Å². The lowest BCUT2D eigenvalue weighted by Crippen LogP contribution is -2.42. The van der Waals surface area contributed by atoms with Gasteiger partial charge in [0.2, 0.25) is 0 Å². The molecular formula is C28H28N4O5. The number of para-hydroxylation sites is 1. The predicted octanol–water partition coefficient (Wildman–Crippen LogP) is 4.10. The number of aryl methyl sites for hydroxylation is 1. The van der Waals surface area contributed by atoms with E-state index in [0.29, 0.717) is 12.0 Å². The topological polar surface area (TPSA) is 135 Å². The molecule has 1 atom stereocenters. The molecule has 1 aliphatic rings. The van der Waals surface area contributed by atoms with Gasteiger partial charge in [0.25, 0.3) is 0 Å². The van der Waals surface area contributed by atoms with Crippen molar-refractivity contribution in [3.8, 4) is 0 Å². The normalized spacial score (nSPS) is 14.6. The van der Waals surface area contributed by atoms with E-state index in [-0.39, 0.29) is 30.5 Å². The number of carbonyl (C=O) groups excluding carboxylic acids is 3. The Morgan fingerprint density at radius 3 is 2.38 bits per heavy atom. The largest absolute Gasteiger partial charge is 0.444 e. The number of hydrogen-bond donors (Lipinski definition) is 3. The third-order valence-electron chi connectivity index (χ3n) is 6.10. The number of anilines is 1. The van der Waals surface area contributed by atoms with Crippen LogP contribution in [0.5, 0.6) is 0 Å². The zero-order valence-electron chi connectivity index (χ0n) is 20.2. The maximum absolute atomic E-state index is 12.5. The van der Waals surface area contributed by atoms with Gasteiger partial charge in [0, 0.05) is 5.56 Å². The lowest BCUT2D eigenvalue weighted by molar-refractivity contribution is -0.138. The fraction of sp³-hybridized carbons (Fsp3) is 0.214. The van der Waals surface area contributed by atoms with Crippen LogP contribution >= 0.6 is 0 Å². The number of amidine groups is 1. The van der Waals surface area contributed by atoms with Gasteiger partial charge in [-0.25, -0.2) is 15.4 Å². The molecule has 0 aliphatic carbocycles. The summed E-state index contributed by atoms with van der Waals surface area (Å²) in [6.07, 6.45) is 1.66. The molecule has 9 heteroatoms. The van der Waals surface area contributed by atoms with E-state index in [4.69, 9.17) is 20.7 Å². The van der Waals surface area contributed by atoms with Crippen molar-refractivity contribution in [2.75, 3.05) is 5.01 Å². The van der Waals surface area contributed by atoms with Crippen molar-refractivity contribution in [2.24, 2.45) is 5.84 Å². The number of amides is 1. The van der Waals surface area contributed by atoms with E-state index in [9.17, 15) is 14.4 Å². The number of ether oxygens (including phenoxy) is 2. The molecule has 4 N–H and O–H groups in total. The van der Waals surface area contributed by atoms with Gasteiger partial charge in [-0.2, -0.15) is 0 Å². The van der Waals surface area contributed by atoms with Crippen molar-refractivity contribution in [3.05, 3.63) is 101 Å². The molecule has 0 bridgehead atoms. The zero-order valence-corrected chi connectivity index (χ0v) is 20.2. The molecule has 0 saturated heterocycles. The summed E-state index contributed by atoms with van der Waals surface area (Å²) < 4.78 is 10.2. The number of fused-ring (bicyclic) bond motifs is 1. The summed E-state index contributed by atoms with van der Waals surface area (Å²) in [6, 6.07) is 22.5. The van der Waals surface area contributed by atoms with Crippen LogP contribution in [0.15, 0.2) is 78.9 Å². The summed E-state index contributed by atoms with van der Waals surface area (Å²) in [6.45, 7) is 0.0774. The van der Waals surface area contributed by atoms with Crippen LogP contribution in [0.25, 0.3) is 0 Å². The minimum absolute atomic E-state index is 0.0195. The first kappa shape index (κ1) is 25.6. The number of carbonyl (C=O) groups is 3. The van der Waals surface area contributed by atoms with Gasteiger partial charge in [-0.15, -0.1) is 0 Å². The van der Waals surface area contributed by atoms with Crippen molar-refractivity contribution in [1.82, 2.24) is 5.32 Å². The molecule has 0 spiro atoms. The molecule has 9 nitrogen and oxygen atoms in total. The van der Waals surface area contributed by atoms with E-state index in [1.165, 1.54) is 24.3 Å². The molecule has 3 aromatic rings. The molecule has 37 heavy (non-hydrogen) atoms. The Morgan fingerprint density at radius 2 is 1.62 bits per heavy atom. The minimum atomic E-state index is -0.795. The smallest absolute Gasteiger partial charge is 0.413 e. The standard InChI is InChI=1S/C28H28N4O5/c29-26(31-28(35)36-18-19-7-2-1-3-8-19)21-13-15-22(16-14-21)27(34)37-25(33)17-23-11-6-10-20-9-4-5-12-24(20)32(23)30/h1-5,7-9,12-16,23H,6,10-11,17-18,30H2,(H2,29,31,35). The highest BCUT2D eigenvalue weighted by atomic mass is 16.6. The van der Waals surface area contributed by atoms with E-state index < -0.39 is 18.0 Å². The average molecular weight is 501 g/mol. The molecule has 0 aromatic heterocycles. The molecular weight excluding hydrogens is 472 g/mol. The van der Waals surface area contributed by atoms with Crippen LogP contribution in [0.2, 0.25) is 0 Å². The van der Waals surface area contributed by atoms with Crippen LogP contribution in [0, 0.1) is 5.41 Å². The van der Waals surface area contributed by atoms with E-state index >= 15 is 0 Å². The first-order valence-electron chi connectivity index (χ1n) is 11.9. The number of esters is 2. The highest BCUT2D eigenvalue weighted by molar-refractivity contribution is 6.05. The van der Waals surface area contributed by atoms with Gasteiger partial charge in [0.1, 0.15) is 12.4 Å². The molecule has 1 unspecified atom stereocenters. The molecule has 3 aromatic carbocycles. The van der Waals surface area contributed by atoms with Crippen molar-refractivity contribution < 1.29 is 23.9 Å². The Hall–Kier alpha value is -4.50. The summed E-state index contributed by atoms with van der Waals surface area (Å²) in [5, 5.41) is 12.0. The summed E-state index contributed by atoms with van der Waals surface area (Å²) in [5.41, 5.74) is 3.33. The lowest BCUT2D eigenvalue weighted by Gasteiger charge is -2.27. The minimum Gasteiger partial charge on any atom is -0.444 e. The van der Waals surface area contributed by atoms with Gasteiger partial charge < -0.3 is 14.5 Å². The van der Waals surface area contributed by atoms with Crippen LogP contribution in [-0.2, 0) is 27.3 Å². The number of nitrogens with zero attached hydrogens (tertiary/aromatic N) is 1. The summed E-state index contributed by atoms with van der Waals surface area (Å²) in [7, 11) is 0. The SMILES string of the molecule is N=C(NC(=O)OCc1ccccc1)c1ccc(C(=O)OC(=O)CC2CCCc3ccccc3N2N)cc1. The van der Waals surface area contributed by atoms with Gasteiger partial charge in [0.05, 0.1) is 23.7 Å². The second-order valence-electron chi connectivity index (χ2n) is 8.69. The predicted molar refractivity (Wildman–Crippen MR) is 138 cm³/mol. The summed E-state index contributed by atoms with van der Waals surface area (Å²) >= 11 is 0. The Bertz CT molecular complexity index is 1280. The number of hydrogen-bond acceptors (Lipinski definition) is 8. The van der Waals surface area contributed by atoms with Gasteiger partial charge in [0.15, 0.2) is 0 Å². The second kappa shape index (κ2) is 12.0. The van der Waals surface area contributed by atoms with Crippen LogP contribution in [-0.4, -0.2) is 29.9 Å². The van der Waals surface area contributed by atoms with E-state index in [1.807, 2.05) is 54.6 Å². The highest BCUT2D eigenvalue weighted by Gasteiger charge is 2.26. The van der Waals surface area contributed by atoms with Gasteiger partial charge >= 0.3 is 18.0 Å². The number of hydrazine groups is 1. The number of rotatable bonds is 6. The third kappa shape index (κ3) is 6.80. The molecule has 0 saturated carbocycles. The zero-order chi connectivity index (χ0) is 26.2. The number of alkyl carbamates (subject to hydrolysis) is 1. The molecule has 0 radical (unpaired) electrons. The first-order valence-corrected chi connectivity index (χ1v) is 11.9. The number of nitrogens with one attached hydrogen (secondary N) is 2. The maximum Gasteiger partial charge on any atom is 0.413 e. The molecule has 1 aliphatic heterocycles. The van der Waals surface area contributed by atoms with Crippen LogP contribution < -0.4 is 16.2 Å². The van der Waals surface area contributed by atoms with Crippen molar-refractivity contribution in [1.29, 1.82) is 5.41 Å². The molecule has 1 heterocycles. The van der Waals surface area contributed by atoms with E-state index in [1.54, 1.807) is 5.01 Å². The third-order valence-corrected chi connectivity index (χ3v) is 6.10. The Labute approximate surface area is 214 Å². The first-order chi connectivity index (χ1) is 17.9. The van der Waals surface area contributed by atoms with Crippen LogP contribution in [0.3, 0.4) is 0 Å². The monoisotopic (exact) mass is 500 g/mol. The second-order valence-corrected chi connectivity index (χ2v) is 8.69. The molecule has 190 valence electrons. The summed E-state index contributed by atoms with van der Waals surface area (Å²) in [5.74, 6) is 4.64. The summed E-state index contributed by atoms with van der Waals surface area (Å²) in [4.78, 5) is 37.0. The lowest BCUT2D eigenvalue weighted by atomic mass is 10.1. The van der Waals surface area contributed by atoms with Gasteiger partial charge in [-0.05, 0) is 48.6 Å². The van der Waals surface area contributed by atoms with Crippen LogP contribution in [0.4, 0.5) is 10.5 Å². The quantitative estimate of drug-likeness (QED) is 0.152. The fourth-order valence-electron chi connectivity index (χ4n) is 4.14. The molecule has 1 amide bonds. The maximum atomic E-state index is 12.5. The highest BCUT2D eigenvalue weighted by Crippen LogP contribution is 2.28. The fourth-order valence-corrected chi connectivity index (χ4v) is 4.14. The Balaban J connectivity index is 1.27. The Kier molecular flexibility index (Phi) is 8.27. The van der Waals surface area contributed by atoms with Crippen molar-refractivity contribution in [3.63, 3.8) is 0 Å². The van der Waals surface area contributed by atoms with E-state index in [2.05, 4.69) is 5.32 Å². The molecule has 0 fully saturated rings. The average Bonchev–Trinajstić information content (AvgIpc) is 3.06. The van der Waals surface area contributed by atoms with Crippen molar-refractivity contribution in [2.45, 2.75) is 38.3 Å². The van der Waals surface area contributed by atoms with Gasteiger partial charge in [-0.3, -0.25) is 15.5 Å². The number of nitrogens with two attached hydrogens (primary N) is 1. The van der Waals surface area contributed by atoms with Crippen molar-refractivity contribution >= 4 is 29.6 Å². The van der Waals surface area contributed by atoms with Gasteiger partial charge in [-0.1, -0.05) is 60.7 Å². The molecule has 4 rings (SSSR count). The van der Waals surface area contributed by atoms with Crippen LogP contribution in [0.1, 0.15) is 46.3 Å².